The van der Waals surface area contributed by atoms with Crippen LogP contribution in [0.3, 0.4) is 0 Å². The van der Waals surface area contributed by atoms with Crippen molar-refractivity contribution in [2.24, 2.45) is 13.0 Å². The van der Waals surface area contributed by atoms with E-state index in [2.05, 4.69) is 17.3 Å². The molecule has 0 bridgehead atoms. The van der Waals surface area contributed by atoms with Crippen LogP contribution in [0.15, 0.2) is 6.08 Å². The minimum absolute atomic E-state index is 0.196. The summed E-state index contributed by atoms with van der Waals surface area (Å²) in [4.78, 5) is 23.7. The first-order valence-electron chi connectivity index (χ1n) is 8.53. The molecule has 6 nitrogen and oxygen atoms in total. The second-order valence-electron chi connectivity index (χ2n) is 6.58. The highest BCUT2D eigenvalue weighted by atomic mass is 16.5. The van der Waals surface area contributed by atoms with E-state index in [1.54, 1.807) is 10.8 Å². The maximum Gasteiger partial charge on any atom is 0.331 e. The van der Waals surface area contributed by atoms with Gasteiger partial charge in [0.1, 0.15) is 0 Å². The second-order valence-corrected chi connectivity index (χ2v) is 6.58. The van der Waals surface area contributed by atoms with Gasteiger partial charge in [0.05, 0.1) is 5.69 Å². The number of amides is 1. The molecule has 1 amide bonds. The third-order valence-corrected chi connectivity index (χ3v) is 4.75. The van der Waals surface area contributed by atoms with Gasteiger partial charge in [0.15, 0.2) is 6.61 Å². The van der Waals surface area contributed by atoms with Crippen LogP contribution in [0.4, 0.5) is 0 Å². The van der Waals surface area contributed by atoms with Crippen molar-refractivity contribution in [3.63, 3.8) is 0 Å². The lowest BCUT2D eigenvalue weighted by molar-refractivity contribution is -0.144. The van der Waals surface area contributed by atoms with Crippen molar-refractivity contribution >= 4 is 18.0 Å². The van der Waals surface area contributed by atoms with Crippen LogP contribution >= 0.6 is 0 Å². The monoisotopic (exact) mass is 333 g/mol. The molecular weight excluding hydrogens is 306 g/mol. The Hall–Kier alpha value is -2.11. The molecule has 1 aliphatic rings. The van der Waals surface area contributed by atoms with E-state index >= 15 is 0 Å². The van der Waals surface area contributed by atoms with Crippen molar-refractivity contribution < 1.29 is 14.3 Å². The van der Waals surface area contributed by atoms with Crippen LogP contribution in [0.2, 0.25) is 0 Å². The second kappa shape index (κ2) is 8.13. The highest BCUT2D eigenvalue weighted by Gasteiger charge is 2.22. The van der Waals surface area contributed by atoms with E-state index in [0.29, 0.717) is 5.92 Å². The summed E-state index contributed by atoms with van der Waals surface area (Å²) in [5, 5.41) is 7.25. The van der Waals surface area contributed by atoms with Gasteiger partial charge in [-0.2, -0.15) is 5.10 Å². The van der Waals surface area contributed by atoms with Crippen LogP contribution in [0.1, 0.15) is 49.6 Å². The molecule has 132 valence electrons. The molecule has 0 aliphatic heterocycles. The molecule has 2 rings (SSSR count). The zero-order valence-corrected chi connectivity index (χ0v) is 15.0. The summed E-state index contributed by atoms with van der Waals surface area (Å²) in [5.41, 5.74) is 2.72. The Kier molecular flexibility index (Phi) is 6.17. The molecule has 1 aromatic rings. The van der Waals surface area contributed by atoms with Crippen LogP contribution in [0.5, 0.6) is 0 Å². The number of carbonyl (C=O) groups excluding carboxylic acids is 2. The fourth-order valence-corrected chi connectivity index (χ4v) is 3.15. The molecule has 0 spiro atoms. The van der Waals surface area contributed by atoms with E-state index < -0.39 is 5.97 Å². The number of rotatable bonds is 5. The first kappa shape index (κ1) is 18.2. The summed E-state index contributed by atoms with van der Waals surface area (Å²) in [6.45, 7) is 5.73. The third-order valence-electron chi connectivity index (χ3n) is 4.75. The first-order valence-corrected chi connectivity index (χ1v) is 8.53. The third kappa shape index (κ3) is 4.69. The number of nitrogens with zero attached hydrogens (tertiary/aromatic N) is 2. The molecule has 0 radical (unpaired) electrons. The lowest BCUT2D eigenvalue weighted by Gasteiger charge is -2.29. The first-order chi connectivity index (χ1) is 11.4. The maximum atomic E-state index is 11.9. The number of hydrogen-bond acceptors (Lipinski definition) is 4. The van der Waals surface area contributed by atoms with Gasteiger partial charge >= 0.3 is 5.97 Å². The Balaban J connectivity index is 1.80. The Bertz CT molecular complexity index is 634. The normalized spacial score (nSPS) is 21.0. The zero-order valence-electron chi connectivity index (χ0n) is 15.0. The van der Waals surface area contributed by atoms with Crippen LogP contribution in [-0.4, -0.2) is 34.3 Å². The molecule has 0 unspecified atom stereocenters. The number of esters is 1. The Morgan fingerprint density at radius 1 is 1.33 bits per heavy atom. The van der Waals surface area contributed by atoms with E-state index in [1.165, 1.54) is 12.5 Å². The molecule has 2 atom stereocenters. The summed E-state index contributed by atoms with van der Waals surface area (Å²) in [7, 11) is 1.86. The van der Waals surface area contributed by atoms with Crippen molar-refractivity contribution in [1.82, 2.24) is 15.1 Å². The molecular formula is C18H27N3O3. The fourth-order valence-electron chi connectivity index (χ4n) is 3.15. The van der Waals surface area contributed by atoms with Crippen LogP contribution in [0, 0.1) is 19.8 Å². The van der Waals surface area contributed by atoms with E-state index in [9.17, 15) is 9.59 Å². The van der Waals surface area contributed by atoms with E-state index in [4.69, 9.17) is 4.74 Å². The molecule has 1 saturated carbocycles. The van der Waals surface area contributed by atoms with Crippen LogP contribution in [0.25, 0.3) is 6.08 Å². The summed E-state index contributed by atoms with van der Waals surface area (Å²) < 4.78 is 6.79. The van der Waals surface area contributed by atoms with E-state index in [1.807, 2.05) is 20.9 Å². The number of aryl methyl sites for hydroxylation is 2. The van der Waals surface area contributed by atoms with Gasteiger partial charge in [-0.05, 0) is 38.7 Å². The maximum absolute atomic E-state index is 11.9. The molecule has 1 aromatic heterocycles. The Morgan fingerprint density at radius 2 is 2.04 bits per heavy atom. The molecule has 1 N–H and O–H groups in total. The Labute approximate surface area is 143 Å². The number of aromatic nitrogens is 2. The van der Waals surface area contributed by atoms with Gasteiger partial charge in [0, 0.05) is 30.4 Å². The molecule has 1 fully saturated rings. The van der Waals surface area contributed by atoms with Gasteiger partial charge < -0.3 is 10.1 Å². The highest BCUT2D eigenvalue weighted by molar-refractivity contribution is 5.89. The minimum Gasteiger partial charge on any atom is -0.452 e. The average Bonchev–Trinajstić information content (AvgIpc) is 2.78. The SMILES string of the molecule is Cc1nn(C)c(C)c1/C=C/C(=O)OCC(=O)N[C@@H]1CCCC[C@H]1C. The predicted molar refractivity (Wildman–Crippen MR) is 92.2 cm³/mol. The quantitative estimate of drug-likeness (QED) is 0.663. The number of ether oxygens (including phenoxy) is 1. The topological polar surface area (TPSA) is 73.2 Å². The van der Waals surface area contributed by atoms with E-state index in [0.717, 1.165) is 36.2 Å². The van der Waals surface area contributed by atoms with Crippen molar-refractivity contribution in [3.05, 3.63) is 23.0 Å². The summed E-state index contributed by atoms with van der Waals surface area (Å²) in [6.07, 6.45) is 7.52. The van der Waals surface area contributed by atoms with Crippen molar-refractivity contribution in [2.45, 2.75) is 52.5 Å². The van der Waals surface area contributed by atoms with Crippen LogP contribution < -0.4 is 5.32 Å². The zero-order chi connectivity index (χ0) is 17.7. The van der Waals surface area contributed by atoms with Gasteiger partial charge in [0.2, 0.25) is 0 Å². The van der Waals surface area contributed by atoms with Crippen molar-refractivity contribution in [1.29, 1.82) is 0 Å². The van der Waals surface area contributed by atoms with E-state index in [-0.39, 0.29) is 18.6 Å². The molecule has 0 saturated heterocycles. The summed E-state index contributed by atoms with van der Waals surface area (Å²) in [6, 6.07) is 0.196. The molecule has 6 heteroatoms. The van der Waals surface area contributed by atoms with Gasteiger partial charge in [-0.15, -0.1) is 0 Å². The van der Waals surface area contributed by atoms with Crippen molar-refractivity contribution in [2.75, 3.05) is 6.61 Å². The van der Waals surface area contributed by atoms with Gasteiger partial charge in [0.25, 0.3) is 5.91 Å². The Morgan fingerprint density at radius 3 is 2.67 bits per heavy atom. The standard InChI is InChI=1S/C18H27N3O3/c1-12-7-5-6-8-16(12)19-17(22)11-24-18(23)10-9-15-13(2)20-21(4)14(15)3/h9-10,12,16H,5-8,11H2,1-4H3,(H,19,22)/b10-9+/t12-,16-/m1/s1. The highest BCUT2D eigenvalue weighted by Crippen LogP contribution is 2.23. The van der Waals surface area contributed by atoms with Gasteiger partial charge in [-0.1, -0.05) is 19.8 Å². The number of hydrogen-bond donors (Lipinski definition) is 1. The number of nitrogens with one attached hydrogen (secondary N) is 1. The molecule has 1 heterocycles. The van der Waals surface area contributed by atoms with Crippen LogP contribution in [-0.2, 0) is 21.4 Å². The summed E-state index contributed by atoms with van der Waals surface area (Å²) >= 11 is 0. The lowest BCUT2D eigenvalue weighted by Crippen LogP contribution is -2.42. The largest absolute Gasteiger partial charge is 0.452 e. The lowest BCUT2D eigenvalue weighted by atomic mass is 9.86. The van der Waals surface area contributed by atoms with Crippen molar-refractivity contribution in [3.8, 4) is 0 Å². The molecule has 1 aliphatic carbocycles. The fraction of sp³-hybridized carbons (Fsp3) is 0.611. The van der Waals surface area contributed by atoms with Gasteiger partial charge in [-0.25, -0.2) is 4.79 Å². The molecule has 0 aromatic carbocycles. The molecule has 24 heavy (non-hydrogen) atoms. The number of carbonyl (C=O) groups is 2. The van der Waals surface area contributed by atoms with Gasteiger partial charge in [-0.3, -0.25) is 9.48 Å². The predicted octanol–water partition coefficient (Wildman–Crippen LogP) is 2.29. The minimum atomic E-state index is -0.524. The average molecular weight is 333 g/mol. The summed E-state index contributed by atoms with van der Waals surface area (Å²) in [5.74, 6) is -0.274. The smallest absolute Gasteiger partial charge is 0.331 e.